The zero-order valence-corrected chi connectivity index (χ0v) is 8.68. The van der Waals surface area contributed by atoms with Gasteiger partial charge in [0.2, 0.25) is 0 Å². The minimum atomic E-state index is 0.182. The Labute approximate surface area is 84.7 Å². The van der Waals surface area contributed by atoms with Crippen LogP contribution in [0, 0.1) is 5.92 Å². The van der Waals surface area contributed by atoms with Gasteiger partial charge in [0.05, 0.1) is 6.26 Å². The zero-order chi connectivity index (χ0) is 9.60. The first-order valence-electron chi connectivity index (χ1n) is 5.60. The summed E-state index contributed by atoms with van der Waals surface area (Å²) in [4.78, 5) is 0. The van der Waals surface area contributed by atoms with Crippen molar-refractivity contribution in [3.05, 3.63) is 23.7 Å². The lowest BCUT2D eigenvalue weighted by Gasteiger charge is -2.34. The van der Waals surface area contributed by atoms with Crippen molar-refractivity contribution in [2.24, 2.45) is 5.92 Å². The highest BCUT2D eigenvalue weighted by Gasteiger charge is 2.38. The van der Waals surface area contributed by atoms with Gasteiger partial charge in [-0.05, 0) is 25.3 Å². The SMILES string of the molecule is CC1(CC2CC2)NCCc2occc21. The summed E-state index contributed by atoms with van der Waals surface area (Å²) in [6, 6.07) is 2.14. The normalized spacial score (nSPS) is 31.5. The van der Waals surface area contributed by atoms with E-state index < -0.39 is 0 Å². The van der Waals surface area contributed by atoms with Gasteiger partial charge in [-0.15, -0.1) is 0 Å². The number of hydrogen-bond acceptors (Lipinski definition) is 2. The maximum atomic E-state index is 5.51. The van der Waals surface area contributed by atoms with Gasteiger partial charge in [-0.3, -0.25) is 0 Å². The van der Waals surface area contributed by atoms with Crippen molar-refractivity contribution in [1.82, 2.24) is 5.32 Å². The van der Waals surface area contributed by atoms with Gasteiger partial charge in [0.15, 0.2) is 0 Å². The Kier molecular flexibility index (Phi) is 1.75. The van der Waals surface area contributed by atoms with Crippen LogP contribution in [-0.2, 0) is 12.0 Å². The molecule has 1 unspecified atom stereocenters. The molecule has 2 heteroatoms. The smallest absolute Gasteiger partial charge is 0.110 e. The molecule has 0 bridgehead atoms. The molecule has 1 aliphatic heterocycles. The fourth-order valence-electron chi connectivity index (χ4n) is 2.65. The predicted molar refractivity (Wildman–Crippen MR) is 55.1 cm³/mol. The molecule has 1 saturated carbocycles. The molecule has 0 spiro atoms. The number of furan rings is 1. The number of hydrogen-bond donors (Lipinski definition) is 1. The Morgan fingerprint density at radius 3 is 3.21 bits per heavy atom. The van der Waals surface area contributed by atoms with Crippen LogP contribution >= 0.6 is 0 Å². The van der Waals surface area contributed by atoms with Crippen LogP contribution in [0.25, 0.3) is 0 Å². The highest BCUT2D eigenvalue weighted by atomic mass is 16.3. The average Bonchev–Trinajstić information content (AvgIpc) is 2.82. The van der Waals surface area contributed by atoms with Crippen molar-refractivity contribution in [2.75, 3.05) is 6.54 Å². The lowest BCUT2D eigenvalue weighted by Crippen LogP contribution is -2.44. The van der Waals surface area contributed by atoms with E-state index >= 15 is 0 Å². The van der Waals surface area contributed by atoms with E-state index in [-0.39, 0.29) is 5.54 Å². The van der Waals surface area contributed by atoms with E-state index in [4.69, 9.17) is 4.42 Å². The summed E-state index contributed by atoms with van der Waals surface area (Å²) in [7, 11) is 0. The van der Waals surface area contributed by atoms with Gasteiger partial charge in [0, 0.05) is 24.1 Å². The van der Waals surface area contributed by atoms with Gasteiger partial charge >= 0.3 is 0 Å². The third-order valence-corrected chi connectivity index (χ3v) is 3.60. The van der Waals surface area contributed by atoms with Crippen LogP contribution in [0.5, 0.6) is 0 Å². The lowest BCUT2D eigenvalue weighted by molar-refractivity contribution is 0.292. The summed E-state index contributed by atoms with van der Waals surface area (Å²) in [5.74, 6) is 2.15. The Bertz CT molecular complexity index is 340. The van der Waals surface area contributed by atoms with Crippen molar-refractivity contribution in [3.63, 3.8) is 0 Å². The fourth-order valence-corrected chi connectivity index (χ4v) is 2.65. The summed E-state index contributed by atoms with van der Waals surface area (Å²) in [6.45, 7) is 3.38. The van der Waals surface area contributed by atoms with E-state index in [9.17, 15) is 0 Å². The van der Waals surface area contributed by atoms with Crippen molar-refractivity contribution in [1.29, 1.82) is 0 Å². The summed E-state index contributed by atoms with van der Waals surface area (Å²) in [5, 5.41) is 3.65. The molecule has 2 aliphatic rings. The molecule has 14 heavy (non-hydrogen) atoms. The fraction of sp³-hybridized carbons (Fsp3) is 0.667. The van der Waals surface area contributed by atoms with Crippen LogP contribution in [-0.4, -0.2) is 6.54 Å². The van der Waals surface area contributed by atoms with E-state index in [1.807, 2.05) is 6.26 Å². The van der Waals surface area contributed by atoms with Gasteiger partial charge in [-0.1, -0.05) is 12.8 Å². The minimum Gasteiger partial charge on any atom is -0.469 e. The Balaban J connectivity index is 1.92. The monoisotopic (exact) mass is 191 g/mol. The number of rotatable bonds is 2. The Morgan fingerprint density at radius 2 is 2.43 bits per heavy atom. The minimum absolute atomic E-state index is 0.182. The number of nitrogens with one attached hydrogen (secondary N) is 1. The molecule has 0 saturated heterocycles. The van der Waals surface area contributed by atoms with E-state index in [1.165, 1.54) is 30.6 Å². The van der Waals surface area contributed by atoms with Gasteiger partial charge in [-0.25, -0.2) is 0 Å². The Morgan fingerprint density at radius 1 is 1.57 bits per heavy atom. The van der Waals surface area contributed by atoms with E-state index in [0.717, 1.165) is 18.9 Å². The first-order valence-corrected chi connectivity index (χ1v) is 5.60. The molecule has 1 aromatic rings. The largest absolute Gasteiger partial charge is 0.469 e. The second-order valence-electron chi connectivity index (χ2n) is 4.91. The first kappa shape index (κ1) is 8.54. The molecule has 2 nitrogen and oxygen atoms in total. The van der Waals surface area contributed by atoms with Crippen LogP contribution < -0.4 is 5.32 Å². The Hall–Kier alpha value is -0.760. The van der Waals surface area contributed by atoms with Gasteiger partial charge < -0.3 is 9.73 Å². The standard InChI is InChI=1S/C12H17NO/c1-12(8-9-2-3-9)10-5-7-14-11(10)4-6-13-12/h5,7,9,13H,2-4,6,8H2,1H3. The zero-order valence-electron chi connectivity index (χ0n) is 8.68. The lowest BCUT2D eigenvalue weighted by atomic mass is 9.83. The summed E-state index contributed by atoms with van der Waals surface area (Å²) >= 11 is 0. The average molecular weight is 191 g/mol. The van der Waals surface area contributed by atoms with Crippen LogP contribution in [0.1, 0.15) is 37.5 Å². The molecule has 0 radical (unpaired) electrons. The third kappa shape index (κ3) is 1.29. The third-order valence-electron chi connectivity index (χ3n) is 3.60. The second kappa shape index (κ2) is 2.86. The topological polar surface area (TPSA) is 25.2 Å². The molecule has 3 rings (SSSR count). The van der Waals surface area contributed by atoms with Crippen LogP contribution in [0.4, 0.5) is 0 Å². The van der Waals surface area contributed by atoms with Crippen LogP contribution in [0.2, 0.25) is 0 Å². The second-order valence-corrected chi connectivity index (χ2v) is 4.91. The molecule has 1 aromatic heterocycles. The molecular formula is C12H17NO. The van der Waals surface area contributed by atoms with Gasteiger partial charge in [-0.2, -0.15) is 0 Å². The molecule has 1 atom stereocenters. The van der Waals surface area contributed by atoms with Crippen molar-refractivity contribution in [2.45, 2.75) is 38.1 Å². The summed E-state index contributed by atoms with van der Waals surface area (Å²) in [5.41, 5.74) is 1.58. The van der Waals surface area contributed by atoms with Gasteiger partial charge in [0.25, 0.3) is 0 Å². The molecule has 76 valence electrons. The maximum Gasteiger partial charge on any atom is 0.110 e. The number of fused-ring (bicyclic) bond motifs is 1. The van der Waals surface area contributed by atoms with Crippen molar-refractivity contribution in [3.8, 4) is 0 Å². The molecule has 0 amide bonds. The maximum absolute atomic E-state index is 5.51. The summed E-state index contributed by atoms with van der Waals surface area (Å²) in [6.07, 6.45) is 7.00. The van der Waals surface area contributed by atoms with Gasteiger partial charge in [0.1, 0.15) is 5.76 Å². The van der Waals surface area contributed by atoms with E-state index in [2.05, 4.69) is 18.3 Å². The van der Waals surface area contributed by atoms with Crippen molar-refractivity contribution < 1.29 is 4.42 Å². The van der Waals surface area contributed by atoms with Crippen LogP contribution in [0.15, 0.2) is 16.7 Å². The molecule has 1 aliphatic carbocycles. The summed E-state index contributed by atoms with van der Waals surface area (Å²) < 4.78 is 5.51. The molecular weight excluding hydrogens is 174 g/mol. The van der Waals surface area contributed by atoms with Crippen molar-refractivity contribution >= 4 is 0 Å². The highest BCUT2D eigenvalue weighted by molar-refractivity contribution is 5.29. The molecule has 1 fully saturated rings. The molecule has 1 N–H and O–H groups in total. The van der Waals surface area contributed by atoms with E-state index in [1.54, 1.807) is 0 Å². The molecule has 0 aromatic carbocycles. The first-order chi connectivity index (χ1) is 6.78. The molecule has 2 heterocycles. The quantitative estimate of drug-likeness (QED) is 0.776. The highest BCUT2D eigenvalue weighted by Crippen LogP contribution is 2.42. The van der Waals surface area contributed by atoms with Crippen LogP contribution in [0.3, 0.4) is 0 Å². The van der Waals surface area contributed by atoms with E-state index in [0.29, 0.717) is 0 Å². The predicted octanol–water partition coefficient (Wildman–Crippen LogP) is 2.44.